The zero-order valence-corrected chi connectivity index (χ0v) is 19.3. The summed E-state index contributed by atoms with van der Waals surface area (Å²) in [5.74, 6) is 3.22. The van der Waals surface area contributed by atoms with Gasteiger partial charge in [0.05, 0.1) is 6.54 Å². The molecule has 2 aromatic rings. The van der Waals surface area contributed by atoms with Crippen molar-refractivity contribution in [3.8, 4) is 0 Å². The summed E-state index contributed by atoms with van der Waals surface area (Å²) in [7, 11) is 1.80. The first-order valence-corrected chi connectivity index (χ1v) is 9.49. The van der Waals surface area contributed by atoms with E-state index in [9.17, 15) is 0 Å². The normalized spacial score (nSPS) is 16.8. The van der Waals surface area contributed by atoms with Crippen LogP contribution in [0.3, 0.4) is 0 Å². The highest BCUT2D eigenvalue weighted by Gasteiger charge is 2.23. The largest absolute Gasteiger partial charge is 0.352 e. The van der Waals surface area contributed by atoms with E-state index < -0.39 is 0 Å². The molecule has 6 nitrogen and oxygen atoms in total. The fraction of sp³-hybridized carbons (Fsp3) is 0.500. The summed E-state index contributed by atoms with van der Waals surface area (Å²) >= 11 is 3.46. The van der Waals surface area contributed by atoms with Crippen LogP contribution in [-0.2, 0) is 19.5 Å². The van der Waals surface area contributed by atoms with Crippen LogP contribution in [0.5, 0.6) is 0 Å². The molecule has 1 aromatic carbocycles. The molecule has 1 unspecified atom stereocenters. The van der Waals surface area contributed by atoms with Crippen LogP contribution >= 0.6 is 39.9 Å². The van der Waals surface area contributed by atoms with Gasteiger partial charge in [-0.1, -0.05) is 41.9 Å². The molecule has 0 aliphatic carbocycles. The Bertz CT molecular complexity index is 741. The highest BCUT2D eigenvalue weighted by molar-refractivity contribution is 14.0. The number of fused-ring (bicyclic) bond motifs is 1. The second kappa shape index (κ2) is 9.68. The van der Waals surface area contributed by atoms with Crippen LogP contribution in [0.2, 0.25) is 0 Å². The van der Waals surface area contributed by atoms with Crippen LogP contribution in [0, 0.1) is 0 Å². The smallest absolute Gasteiger partial charge is 0.191 e. The molecule has 1 aliphatic heterocycles. The average Bonchev–Trinajstić information content (AvgIpc) is 3.03. The van der Waals surface area contributed by atoms with Gasteiger partial charge < -0.3 is 10.6 Å². The zero-order chi connectivity index (χ0) is 17.8. The van der Waals surface area contributed by atoms with Gasteiger partial charge in [-0.3, -0.25) is 4.99 Å². The second-order valence-electron chi connectivity index (χ2n) is 6.66. The van der Waals surface area contributed by atoms with Crippen LogP contribution in [0.4, 0.5) is 0 Å². The average molecular weight is 533 g/mol. The van der Waals surface area contributed by atoms with Crippen molar-refractivity contribution < 1.29 is 0 Å². The molecule has 1 atom stereocenters. The molecule has 8 heteroatoms. The first-order chi connectivity index (χ1) is 12.0. The van der Waals surface area contributed by atoms with Gasteiger partial charge in [0, 0.05) is 36.4 Å². The Morgan fingerprint density at radius 3 is 2.73 bits per heavy atom. The van der Waals surface area contributed by atoms with Crippen molar-refractivity contribution in [1.82, 2.24) is 25.4 Å². The molecule has 0 radical (unpaired) electrons. The summed E-state index contributed by atoms with van der Waals surface area (Å²) < 4.78 is 3.13. The Labute approximate surface area is 180 Å². The molecule has 0 bridgehead atoms. The monoisotopic (exact) mass is 532 g/mol. The molecule has 2 heterocycles. The van der Waals surface area contributed by atoms with E-state index in [1.807, 2.05) is 16.8 Å². The molecule has 26 heavy (non-hydrogen) atoms. The van der Waals surface area contributed by atoms with Crippen molar-refractivity contribution >= 4 is 45.9 Å². The van der Waals surface area contributed by atoms with Crippen molar-refractivity contribution in [1.29, 1.82) is 0 Å². The third-order valence-electron chi connectivity index (χ3n) is 4.33. The molecule has 2 N–H and O–H groups in total. The first kappa shape index (κ1) is 21.1. The van der Waals surface area contributed by atoms with E-state index in [4.69, 9.17) is 0 Å². The lowest BCUT2D eigenvalue weighted by Gasteiger charge is -2.25. The van der Waals surface area contributed by atoms with E-state index >= 15 is 0 Å². The highest BCUT2D eigenvalue weighted by Crippen LogP contribution is 2.17. The third-order valence-corrected chi connectivity index (χ3v) is 4.86. The van der Waals surface area contributed by atoms with E-state index in [0.29, 0.717) is 12.0 Å². The number of nitrogens with zero attached hydrogens (tertiary/aromatic N) is 4. The van der Waals surface area contributed by atoms with Crippen LogP contribution in [-0.4, -0.2) is 33.8 Å². The number of nitrogens with one attached hydrogen (secondary N) is 2. The minimum atomic E-state index is 0. The Kier molecular flexibility index (Phi) is 7.87. The van der Waals surface area contributed by atoms with Crippen molar-refractivity contribution in [3.63, 3.8) is 0 Å². The van der Waals surface area contributed by atoms with E-state index in [1.165, 1.54) is 5.56 Å². The molecule has 0 amide bonds. The van der Waals surface area contributed by atoms with Gasteiger partial charge in [-0.2, -0.15) is 5.10 Å². The maximum atomic E-state index is 4.64. The van der Waals surface area contributed by atoms with E-state index in [-0.39, 0.29) is 24.0 Å². The van der Waals surface area contributed by atoms with Crippen LogP contribution in [0.1, 0.15) is 43.4 Å². The van der Waals surface area contributed by atoms with Crippen molar-refractivity contribution in [2.75, 3.05) is 7.05 Å². The summed E-state index contributed by atoms with van der Waals surface area (Å²) in [6, 6.07) is 8.60. The predicted octanol–water partition coefficient (Wildman–Crippen LogP) is 3.46. The summed E-state index contributed by atoms with van der Waals surface area (Å²) in [6.45, 7) is 5.83. The Balaban J connectivity index is 0.00000243. The lowest BCUT2D eigenvalue weighted by Crippen LogP contribution is -2.46. The predicted molar refractivity (Wildman–Crippen MR) is 119 cm³/mol. The molecule has 0 saturated carbocycles. The molecule has 142 valence electrons. The summed E-state index contributed by atoms with van der Waals surface area (Å²) in [5.41, 5.74) is 1.22. The van der Waals surface area contributed by atoms with Crippen LogP contribution < -0.4 is 10.6 Å². The number of hydrogen-bond donors (Lipinski definition) is 2. The maximum Gasteiger partial charge on any atom is 0.191 e. The van der Waals surface area contributed by atoms with E-state index in [2.05, 4.69) is 67.6 Å². The standard InChI is InChI=1S/C18H25BrN6.HI/c1-12(2)17-23-16-9-8-15(11-25(16)24-17)22-18(20-3)21-10-13-4-6-14(19)7-5-13;/h4-7,12,15H,8-11H2,1-3H3,(H2,20,21,22);1H. The molecule has 3 rings (SSSR count). The SMILES string of the molecule is CN=C(NCc1ccc(Br)cc1)NC1CCc2nc(C(C)C)nn2C1.I. The van der Waals surface area contributed by atoms with Gasteiger partial charge in [-0.25, -0.2) is 9.67 Å². The minimum Gasteiger partial charge on any atom is -0.352 e. The first-order valence-electron chi connectivity index (χ1n) is 8.70. The van der Waals surface area contributed by atoms with Gasteiger partial charge in [-0.05, 0) is 24.1 Å². The maximum absolute atomic E-state index is 4.64. The second-order valence-corrected chi connectivity index (χ2v) is 7.57. The van der Waals surface area contributed by atoms with Crippen molar-refractivity contribution in [3.05, 3.63) is 46.0 Å². The van der Waals surface area contributed by atoms with E-state index in [0.717, 1.165) is 48.0 Å². The van der Waals surface area contributed by atoms with Crippen molar-refractivity contribution in [2.45, 2.75) is 51.7 Å². The fourth-order valence-corrected chi connectivity index (χ4v) is 3.13. The molecule has 0 saturated heterocycles. The molecular formula is C18H26BrIN6. The van der Waals surface area contributed by atoms with Gasteiger partial charge in [0.25, 0.3) is 0 Å². The number of guanidine groups is 1. The Morgan fingerprint density at radius 1 is 1.35 bits per heavy atom. The lowest BCUT2D eigenvalue weighted by molar-refractivity contribution is 0.391. The number of aromatic nitrogens is 3. The van der Waals surface area contributed by atoms with Crippen LogP contribution in [0.25, 0.3) is 0 Å². The fourth-order valence-electron chi connectivity index (χ4n) is 2.87. The third kappa shape index (κ3) is 5.42. The number of hydrogen-bond acceptors (Lipinski definition) is 3. The minimum absolute atomic E-state index is 0. The number of benzene rings is 1. The van der Waals surface area contributed by atoms with Gasteiger partial charge >= 0.3 is 0 Å². The lowest BCUT2D eigenvalue weighted by atomic mass is 10.1. The number of aryl methyl sites for hydroxylation is 1. The summed E-state index contributed by atoms with van der Waals surface area (Å²) in [4.78, 5) is 8.99. The van der Waals surface area contributed by atoms with Gasteiger partial charge in [0.1, 0.15) is 5.82 Å². The molecule has 1 aliphatic rings. The Hall–Kier alpha value is -1.16. The van der Waals surface area contributed by atoms with Gasteiger partial charge in [-0.15, -0.1) is 24.0 Å². The van der Waals surface area contributed by atoms with Crippen LogP contribution in [0.15, 0.2) is 33.7 Å². The topological polar surface area (TPSA) is 67.1 Å². The zero-order valence-electron chi connectivity index (χ0n) is 15.4. The molecule has 0 fully saturated rings. The number of halogens is 2. The molecule has 0 spiro atoms. The molecule has 1 aromatic heterocycles. The quantitative estimate of drug-likeness (QED) is 0.359. The molecular weight excluding hydrogens is 507 g/mol. The van der Waals surface area contributed by atoms with E-state index in [1.54, 1.807) is 7.05 Å². The highest BCUT2D eigenvalue weighted by atomic mass is 127. The summed E-state index contributed by atoms with van der Waals surface area (Å²) in [5, 5.41) is 11.5. The number of rotatable bonds is 4. The van der Waals surface area contributed by atoms with Gasteiger partial charge in [0.15, 0.2) is 11.8 Å². The number of aliphatic imine (C=N–C) groups is 1. The van der Waals surface area contributed by atoms with Gasteiger partial charge in [0.2, 0.25) is 0 Å². The Morgan fingerprint density at radius 2 is 2.08 bits per heavy atom. The summed E-state index contributed by atoms with van der Waals surface area (Å²) in [6.07, 6.45) is 1.98. The van der Waals surface area contributed by atoms with Crippen molar-refractivity contribution in [2.24, 2.45) is 4.99 Å².